The molecule has 4 nitrogen and oxygen atoms in total. The summed E-state index contributed by atoms with van der Waals surface area (Å²) in [5.74, 6) is 0.589. The molecule has 0 bridgehead atoms. The standard InChI is InChI=1S/C17H16N2O2/c1-19-11-15(14-8-3-4-9-16(14)19)17(20)18-12-6-5-7-13(10-12)21-2/h3-11H,1-2H3,(H,18,20). The summed E-state index contributed by atoms with van der Waals surface area (Å²) in [6, 6.07) is 15.2. The average Bonchev–Trinajstić information content (AvgIpc) is 2.85. The Labute approximate surface area is 123 Å². The topological polar surface area (TPSA) is 43.3 Å². The molecule has 0 spiro atoms. The number of rotatable bonds is 3. The summed E-state index contributed by atoms with van der Waals surface area (Å²) >= 11 is 0. The zero-order chi connectivity index (χ0) is 14.8. The van der Waals surface area contributed by atoms with E-state index in [0.29, 0.717) is 17.0 Å². The van der Waals surface area contributed by atoms with Crippen molar-refractivity contribution in [2.45, 2.75) is 0 Å². The van der Waals surface area contributed by atoms with E-state index >= 15 is 0 Å². The summed E-state index contributed by atoms with van der Waals surface area (Å²) in [6.07, 6.45) is 1.85. The van der Waals surface area contributed by atoms with E-state index in [9.17, 15) is 4.79 Å². The van der Waals surface area contributed by atoms with E-state index in [4.69, 9.17) is 4.74 Å². The van der Waals surface area contributed by atoms with Crippen molar-refractivity contribution in [3.63, 3.8) is 0 Å². The number of nitrogens with zero attached hydrogens (tertiary/aromatic N) is 1. The number of amides is 1. The van der Waals surface area contributed by atoms with Gasteiger partial charge in [0.05, 0.1) is 12.7 Å². The van der Waals surface area contributed by atoms with Crippen molar-refractivity contribution in [3.8, 4) is 5.75 Å². The van der Waals surface area contributed by atoms with Crippen LogP contribution in [0.25, 0.3) is 10.9 Å². The number of carbonyl (C=O) groups excluding carboxylic acids is 1. The van der Waals surface area contributed by atoms with E-state index in [2.05, 4.69) is 5.32 Å². The summed E-state index contributed by atoms with van der Waals surface area (Å²) in [5, 5.41) is 3.85. The molecule has 0 aliphatic heterocycles. The Morgan fingerprint density at radius 2 is 1.95 bits per heavy atom. The van der Waals surface area contributed by atoms with Gasteiger partial charge in [0.1, 0.15) is 5.75 Å². The first-order chi connectivity index (χ1) is 10.2. The highest BCUT2D eigenvalue weighted by Crippen LogP contribution is 2.22. The van der Waals surface area contributed by atoms with Crippen LogP contribution in [-0.2, 0) is 7.05 Å². The van der Waals surface area contributed by atoms with Crippen LogP contribution in [0, 0.1) is 0 Å². The zero-order valence-electron chi connectivity index (χ0n) is 12.0. The molecule has 1 N–H and O–H groups in total. The van der Waals surface area contributed by atoms with Gasteiger partial charge in [-0.25, -0.2) is 0 Å². The maximum atomic E-state index is 12.5. The maximum Gasteiger partial charge on any atom is 0.257 e. The molecule has 1 amide bonds. The summed E-state index contributed by atoms with van der Waals surface area (Å²) < 4.78 is 7.12. The first-order valence-electron chi connectivity index (χ1n) is 6.68. The third-order valence-corrected chi connectivity index (χ3v) is 3.47. The predicted octanol–water partition coefficient (Wildman–Crippen LogP) is 3.44. The molecular formula is C17H16N2O2. The van der Waals surface area contributed by atoms with Gasteiger partial charge in [0.15, 0.2) is 0 Å². The first-order valence-corrected chi connectivity index (χ1v) is 6.68. The molecular weight excluding hydrogens is 264 g/mol. The number of aromatic nitrogens is 1. The molecule has 0 saturated heterocycles. The molecule has 4 heteroatoms. The predicted molar refractivity (Wildman–Crippen MR) is 83.9 cm³/mol. The highest BCUT2D eigenvalue weighted by Gasteiger charge is 2.13. The van der Waals surface area contributed by atoms with Crippen LogP contribution in [0.2, 0.25) is 0 Å². The Morgan fingerprint density at radius 3 is 2.76 bits per heavy atom. The minimum Gasteiger partial charge on any atom is -0.497 e. The lowest BCUT2D eigenvalue weighted by molar-refractivity contribution is 0.102. The third-order valence-electron chi connectivity index (χ3n) is 3.47. The van der Waals surface area contributed by atoms with E-state index in [1.165, 1.54) is 0 Å². The molecule has 0 fully saturated rings. The number of carbonyl (C=O) groups is 1. The molecule has 0 unspecified atom stereocenters. The van der Waals surface area contributed by atoms with Crippen LogP contribution in [0.4, 0.5) is 5.69 Å². The van der Waals surface area contributed by atoms with Gasteiger partial charge in [-0.3, -0.25) is 4.79 Å². The van der Waals surface area contributed by atoms with Crippen LogP contribution >= 0.6 is 0 Å². The van der Waals surface area contributed by atoms with Crippen molar-refractivity contribution < 1.29 is 9.53 Å². The number of anilines is 1. The summed E-state index contributed by atoms with van der Waals surface area (Å²) in [7, 11) is 3.54. The quantitative estimate of drug-likeness (QED) is 0.798. The normalized spacial score (nSPS) is 10.6. The Bertz CT molecular complexity index is 805. The molecule has 2 aromatic carbocycles. The average molecular weight is 280 g/mol. The van der Waals surface area contributed by atoms with E-state index in [1.54, 1.807) is 13.2 Å². The van der Waals surface area contributed by atoms with Gasteiger partial charge in [0.25, 0.3) is 5.91 Å². The van der Waals surface area contributed by atoms with Gasteiger partial charge in [0.2, 0.25) is 0 Å². The number of nitrogens with one attached hydrogen (secondary N) is 1. The minimum absolute atomic E-state index is 0.125. The Kier molecular flexibility index (Phi) is 3.36. The molecule has 0 atom stereocenters. The second kappa shape index (κ2) is 5.32. The van der Waals surface area contributed by atoms with Crippen molar-refractivity contribution in [3.05, 3.63) is 60.3 Å². The smallest absolute Gasteiger partial charge is 0.257 e. The van der Waals surface area contributed by atoms with Crippen molar-refractivity contribution in [2.24, 2.45) is 7.05 Å². The van der Waals surface area contributed by atoms with Crippen LogP contribution in [-0.4, -0.2) is 17.6 Å². The Balaban J connectivity index is 1.94. The number of benzene rings is 2. The van der Waals surface area contributed by atoms with Crippen LogP contribution in [0.1, 0.15) is 10.4 Å². The van der Waals surface area contributed by atoms with Gasteiger partial charge in [0, 0.05) is 35.9 Å². The third kappa shape index (κ3) is 2.48. The fourth-order valence-electron chi connectivity index (χ4n) is 2.42. The molecule has 0 radical (unpaired) electrons. The lowest BCUT2D eigenvalue weighted by Gasteiger charge is -2.06. The van der Waals surface area contributed by atoms with Gasteiger partial charge in [-0.2, -0.15) is 0 Å². The summed E-state index contributed by atoms with van der Waals surface area (Å²) in [5.41, 5.74) is 2.41. The number of hydrogen-bond acceptors (Lipinski definition) is 2. The number of methoxy groups -OCH3 is 1. The molecule has 1 aromatic heterocycles. The van der Waals surface area contributed by atoms with Crippen molar-refractivity contribution >= 4 is 22.5 Å². The van der Waals surface area contributed by atoms with E-state index in [1.807, 2.05) is 60.3 Å². The lowest BCUT2D eigenvalue weighted by atomic mass is 10.1. The highest BCUT2D eigenvalue weighted by molar-refractivity contribution is 6.13. The number of hydrogen-bond donors (Lipinski definition) is 1. The van der Waals surface area contributed by atoms with Gasteiger partial charge in [-0.15, -0.1) is 0 Å². The Morgan fingerprint density at radius 1 is 1.14 bits per heavy atom. The van der Waals surface area contributed by atoms with Crippen LogP contribution in [0.15, 0.2) is 54.7 Å². The fourth-order valence-corrected chi connectivity index (χ4v) is 2.42. The molecule has 3 aromatic rings. The monoisotopic (exact) mass is 280 g/mol. The molecule has 21 heavy (non-hydrogen) atoms. The van der Waals surface area contributed by atoms with Crippen LogP contribution < -0.4 is 10.1 Å². The van der Waals surface area contributed by atoms with Crippen molar-refractivity contribution in [1.82, 2.24) is 4.57 Å². The highest BCUT2D eigenvalue weighted by atomic mass is 16.5. The molecule has 0 aliphatic rings. The van der Waals surface area contributed by atoms with Gasteiger partial charge in [-0.1, -0.05) is 24.3 Å². The fraction of sp³-hybridized carbons (Fsp3) is 0.118. The molecule has 1 heterocycles. The number of ether oxygens (including phenoxy) is 1. The SMILES string of the molecule is COc1cccc(NC(=O)c2cn(C)c3ccccc23)c1. The largest absolute Gasteiger partial charge is 0.497 e. The number of aryl methyl sites for hydroxylation is 1. The maximum absolute atomic E-state index is 12.5. The van der Waals surface area contributed by atoms with E-state index < -0.39 is 0 Å². The van der Waals surface area contributed by atoms with Gasteiger partial charge >= 0.3 is 0 Å². The number of para-hydroxylation sites is 1. The van der Waals surface area contributed by atoms with Crippen LogP contribution in [0.3, 0.4) is 0 Å². The van der Waals surface area contributed by atoms with Crippen molar-refractivity contribution in [1.29, 1.82) is 0 Å². The zero-order valence-corrected chi connectivity index (χ0v) is 12.0. The van der Waals surface area contributed by atoms with Gasteiger partial charge in [-0.05, 0) is 18.2 Å². The molecule has 0 aliphatic carbocycles. The summed E-state index contributed by atoms with van der Waals surface area (Å²) in [4.78, 5) is 12.5. The molecule has 0 saturated carbocycles. The second-order valence-corrected chi connectivity index (χ2v) is 4.86. The first kappa shape index (κ1) is 13.2. The minimum atomic E-state index is -0.125. The second-order valence-electron chi connectivity index (χ2n) is 4.86. The lowest BCUT2D eigenvalue weighted by Crippen LogP contribution is -2.11. The Hall–Kier alpha value is -2.75. The van der Waals surface area contributed by atoms with Gasteiger partial charge < -0.3 is 14.6 Å². The van der Waals surface area contributed by atoms with Crippen LogP contribution in [0.5, 0.6) is 5.75 Å². The number of fused-ring (bicyclic) bond motifs is 1. The molecule has 106 valence electrons. The van der Waals surface area contributed by atoms with E-state index in [-0.39, 0.29) is 5.91 Å². The van der Waals surface area contributed by atoms with E-state index in [0.717, 1.165) is 10.9 Å². The summed E-state index contributed by atoms with van der Waals surface area (Å²) in [6.45, 7) is 0. The molecule has 3 rings (SSSR count). The van der Waals surface area contributed by atoms with Crippen molar-refractivity contribution in [2.75, 3.05) is 12.4 Å².